The number of benzene rings is 1. The van der Waals surface area contributed by atoms with E-state index in [2.05, 4.69) is 29.1 Å². The molecule has 2 rings (SSSR count). The van der Waals surface area contributed by atoms with Gasteiger partial charge in [0.2, 0.25) is 15.9 Å². The first-order valence-electron chi connectivity index (χ1n) is 9.50. The summed E-state index contributed by atoms with van der Waals surface area (Å²) in [5.74, 6) is -0.364. The van der Waals surface area contributed by atoms with Crippen LogP contribution in [0.15, 0.2) is 24.3 Å². The molecule has 28 heavy (non-hydrogen) atoms. The third-order valence-electron chi connectivity index (χ3n) is 4.58. The molecule has 0 saturated carbocycles. The summed E-state index contributed by atoms with van der Waals surface area (Å²) in [7, 11) is -3.54. The Morgan fingerprint density at radius 1 is 1.32 bits per heavy atom. The third-order valence-corrected chi connectivity index (χ3v) is 5.87. The number of carbonyl (C=O) groups is 1. The third kappa shape index (κ3) is 7.67. The van der Waals surface area contributed by atoms with Crippen LogP contribution in [0.3, 0.4) is 0 Å². The zero-order valence-electron chi connectivity index (χ0n) is 16.8. The molecule has 1 fully saturated rings. The minimum Gasteiger partial charge on any atom is -0.378 e. The molecule has 0 spiro atoms. The number of nitrogens with zero attached hydrogens (tertiary/aromatic N) is 1. The average molecular weight is 434 g/mol. The summed E-state index contributed by atoms with van der Waals surface area (Å²) >= 11 is 0. The van der Waals surface area contributed by atoms with Gasteiger partial charge in [0.15, 0.2) is 0 Å². The molecule has 9 heteroatoms. The van der Waals surface area contributed by atoms with Gasteiger partial charge in [0.1, 0.15) is 0 Å². The lowest BCUT2D eigenvalue weighted by molar-refractivity contribution is -0.133. The van der Waals surface area contributed by atoms with E-state index in [-0.39, 0.29) is 49.4 Å². The summed E-state index contributed by atoms with van der Waals surface area (Å²) in [6.07, 6.45) is 0.941. The minimum absolute atomic E-state index is 0. The van der Waals surface area contributed by atoms with Gasteiger partial charge in [-0.1, -0.05) is 31.2 Å². The highest BCUT2D eigenvalue weighted by Crippen LogP contribution is 2.22. The van der Waals surface area contributed by atoms with E-state index in [0.717, 1.165) is 12.0 Å². The van der Waals surface area contributed by atoms with Gasteiger partial charge in [0, 0.05) is 19.6 Å². The van der Waals surface area contributed by atoms with Crippen molar-refractivity contribution in [2.45, 2.75) is 39.3 Å². The number of hydrogen-bond donors (Lipinski definition) is 2. The summed E-state index contributed by atoms with van der Waals surface area (Å²) in [4.78, 5) is 14.4. The number of hydrogen-bond acceptors (Lipinski definition) is 5. The van der Waals surface area contributed by atoms with Crippen LogP contribution in [-0.2, 0) is 26.0 Å². The Balaban J connectivity index is 0.00000392. The number of amides is 1. The van der Waals surface area contributed by atoms with Crippen molar-refractivity contribution >= 4 is 28.3 Å². The fourth-order valence-corrected chi connectivity index (χ4v) is 3.82. The number of carbonyl (C=O) groups excluding carboxylic acids is 1. The second-order valence-corrected chi connectivity index (χ2v) is 8.89. The number of nitrogens with one attached hydrogen (secondary N) is 2. The molecule has 1 saturated heterocycles. The van der Waals surface area contributed by atoms with Crippen LogP contribution in [0.25, 0.3) is 0 Å². The number of ether oxygens (including phenoxy) is 1. The van der Waals surface area contributed by atoms with Gasteiger partial charge in [0.25, 0.3) is 0 Å². The predicted molar refractivity (Wildman–Crippen MR) is 113 cm³/mol. The largest absolute Gasteiger partial charge is 0.378 e. The van der Waals surface area contributed by atoms with E-state index in [1.807, 2.05) is 26.0 Å². The summed E-state index contributed by atoms with van der Waals surface area (Å²) in [6, 6.07) is 8.15. The maximum Gasteiger partial charge on any atom is 0.238 e. The molecule has 7 nitrogen and oxygen atoms in total. The van der Waals surface area contributed by atoms with Gasteiger partial charge in [-0.2, -0.15) is 0 Å². The molecule has 0 aliphatic carbocycles. The molecule has 1 unspecified atom stereocenters. The number of sulfonamides is 1. The van der Waals surface area contributed by atoms with Crippen molar-refractivity contribution in [1.82, 2.24) is 14.9 Å². The maximum absolute atomic E-state index is 12.7. The highest BCUT2D eigenvalue weighted by molar-refractivity contribution is 7.89. The van der Waals surface area contributed by atoms with Crippen molar-refractivity contribution in [2.75, 3.05) is 38.5 Å². The number of halogens is 1. The topological polar surface area (TPSA) is 87.7 Å². The highest BCUT2D eigenvalue weighted by Gasteiger charge is 2.28. The smallest absolute Gasteiger partial charge is 0.238 e. The second-order valence-electron chi connectivity index (χ2n) is 6.96. The molecule has 0 radical (unpaired) electrons. The van der Waals surface area contributed by atoms with Gasteiger partial charge in [-0.25, -0.2) is 13.1 Å². The lowest BCUT2D eigenvalue weighted by Crippen LogP contribution is -2.51. The monoisotopic (exact) mass is 433 g/mol. The predicted octanol–water partition coefficient (Wildman–Crippen LogP) is 1.49. The minimum atomic E-state index is -3.54. The van der Waals surface area contributed by atoms with E-state index in [1.165, 1.54) is 5.56 Å². The zero-order valence-corrected chi connectivity index (χ0v) is 18.4. The summed E-state index contributed by atoms with van der Waals surface area (Å²) in [5, 5.41) is 3.31. The molecular weight excluding hydrogens is 402 g/mol. The molecule has 1 amide bonds. The molecule has 1 aliphatic rings. The molecule has 0 bridgehead atoms. The van der Waals surface area contributed by atoms with Gasteiger partial charge in [-0.15, -0.1) is 12.4 Å². The lowest BCUT2D eigenvalue weighted by atomic mass is 10.0. The molecule has 1 heterocycles. The molecule has 160 valence electrons. The fourth-order valence-electron chi connectivity index (χ4n) is 3.02. The Labute approximate surface area is 174 Å². The van der Waals surface area contributed by atoms with Crippen LogP contribution in [-0.4, -0.2) is 63.9 Å². The first-order chi connectivity index (χ1) is 12.8. The number of rotatable bonds is 9. The van der Waals surface area contributed by atoms with Crippen molar-refractivity contribution < 1.29 is 17.9 Å². The van der Waals surface area contributed by atoms with Gasteiger partial charge in [-0.05, 0) is 31.4 Å². The van der Waals surface area contributed by atoms with E-state index < -0.39 is 10.0 Å². The van der Waals surface area contributed by atoms with Crippen LogP contribution in [0.1, 0.15) is 37.9 Å². The van der Waals surface area contributed by atoms with Gasteiger partial charge in [0.05, 0.1) is 31.1 Å². The Kier molecular flexibility index (Phi) is 10.4. The maximum atomic E-state index is 12.7. The normalized spacial score (nSPS) is 17.4. The molecule has 1 aromatic rings. The lowest BCUT2D eigenvalue weighted by Gasteiger charge is -2.36. The van der Waals surface area contributed by atoms with Crippen molar-refractivity contribution in [3.8, 4) is 0 Å². The Bertz CT molecular complexity index is 710. The fraction of sp³-hybridized carbons (Fsp3) is 0.632. The van der Waals surface area contributed by atoms with E-state index in [1.54, 1.807) is 4.90 Å². The van der Waals surface area contributed by atoms with Crippen LogP contribution < -0.4 is 10.0 Å². The summed E-state index contributed by atoms with van der Waals surface area (Å²) in [6.45, 7) is 7.59. The molecule has 1 atom stereocenters. The van der Waals surface area contributed by atoms with Gasteiger partial charge in [-0.3, -0.25) is 4.79 Å². The Morgan fingerprint density at radius 2 is 2.00 bits per heavy atom. The van der Waals surface area contributed by atoms with E-state index in [4.69, 9.17) is 4.74 Å². The summed E-state index contributed by atoms with van der Waals surface area (Å²) in [5.41, 5.74) is 2.30. The number of aryl methyl sites for hydroxylation is 1. The second kappa shape index (κ2) is 11.7. The molecule has 1 aromatic carbocycles. The first kappa shape index (κ1) is 24.8. The number of piperazine rings is 1. The van der Waals surface area contributed by atoms with Crippen LogP contribution >= 0.6 is 12.4 Å². The first-order valence-corrected chi connectivity index (χ1v) is 11.2. The van der Waals surface area contributed by atoms with Crippen LogP contribution in [0, 0.1) is 0 Å². The summed E-state index contributed by atoms with van der Waals surface area (Å²) < 4.78 is 31.8. The SMILES string of the molecule is CCc1ccc(C2CNCCN2C(=O)CNS(=O)(=O)CCOC(C)C)cc1.Cl. The van der Waals surface area contributed by atoms with Gasteiger partial charge < -0.3 is 15.0 Å². The molecule has 1 aliphatic heterocycles. The van der Waals surface area contributed by atoms with Gasteiger partial charge >= 0.3 is 0 Å². The van der Waals surface area contributed by atoms with Crippen LogP contribution in [0.4, 0.5) is 0 Å². The zero-order chi connectivity index (χ0) is 19.9. The van der Waals surface area contributed by atoms with Crippen molar-refractivity contribution in [3.63, 3.8) is 0 Å². The van der Waals surface area contributed by atoms with Crippen molar-refractivity contribution in [1.29, 1.82) is 0 Å². The quantitative estimate of drug-likeness (QED) is 0.616. The van der Waals surface area contributed by atoms with Crippen molar-refractivity contribution in [2.24, 2.45) is 0 Å². The Morgan fingerprint density at radius 3 is 2.61 bits per heavy atom. The van der Waals surface area contributed by atoms with Crippen LogP contribution in [0.2, 0.25) is 0 Å². The highest BCUT2D eigenvalue weighted by atomic mass is 35.5. The van der Waals surface area contributed by atoms with E-state index in [9.17, 15) is 13.2 Å². The molecule has 2 N–H and O–H groups in total. The van der Waals surface area contributed by atoms with E-state index >= 15 is 0 Å². The van der Waals surface area contributed by atoms with Crippen LogP contribution in [0.5, 0.6) is 0 Å². The van der Waals surface area contributed by atoms with E-state index in [0.29, 0.717) is 19.6 Å². The average Bonchev–Trinajstić information content (AvgIpc) is 2.66. The van der Waals surface area contributed by atoms with Crippen molar-refractivity contribution in [3.05, 3.63) is 35.4 Å². The molecular formula is C19H32ClN3O4S. The standard InChI is InChI=1S/C19H31N3O4S.ClH/c1-4-16-5-7-17(8-6-16)18-13-20-9-10-22(18)19(23)14-21-27(24,25)12-11-26-15(2)3;/h5-8,15,18,20-21H,4,9-14H2,1-3H3;1H. The Hall–Kier alpha value is -1.19. The molecule has 0 aromatic heterocycles.